The topological polar surface area (TPSA) is 44.2 Å². The van der Waals surface area contributed by atoms with Crippen molar-refractivity contribution in [1.82, 2.24) is 13.9 Å². The Morgan fingerprint density at radius 2 is 1.64 bits per heavy atom. The van der Waals surface area contributed by atoms with Crippen LogP contribution in [0, 0.1) is 26.6 Å². The van der Waals surface area contributed by atoms with E-state index in [1.165, 1.54) is 34.6 Å². The Morgan fingerprint density at radius 1 is 0.917 bits per heavy atom. The van der Waals surface area contributed by atoms with Gasteiger partial charge in [0.1, 0.15) is 5.82 Å². The second kappa shape index (κ2) is 9.59. The van der Waals surface area contributed by atoms with Crippen LogP contribution >= 0.6 is 11.3 Å². The molecule has 0 atom stereocenters. The van der Waals surface area contributed by atoms with E-state index in [0.29, 0.717) is 17.0 Å². The van der Waals surface area contributed by atoms with E-state index in [1.54, 1.807) is 16.8 Å². The summed E-state index contributed by atoms with van der Waals surface area (Å²) in [7, 11) is 1.87. The van der Waals surface area contributed by atoms with Crippen LogP contribution in [0.4, 0.5) is 10.1 Å². The van der Waals surface area contributed by atoms with Crippen LogP contribution in [0.15, 0.2) is 88.0 Å². The summed E-state index contributed by atoms with van der Waals surface area (Å²) in [4.78, 5) is 19.1. The molecule has 5 nitrogen and oxygen atoms in total. The van der Waals surface area contributed by atoms with Gasteiger partial charge >= 0.3 is 0 Å². The van der Waals surface area contributed by atoms with Crippen LogP contribution in [0.5, 0.6) is 0 Å². The highest BCUT2D eigenvalue weighted by molar-refractivity contribution is 7.07. The molecule has 5 rings (SSSR count). The van der Waals surface area contributed by atoms with Crippen molar-refractivity contribution in [2.24, 2.45) is 12.0 Å². The van der Waals surface area contributed by atoms with Crippen molar-refractivity contribution < 1.29 is 4.39 Å². The molecule has 36 heavy (non-hydrogen) atoms. The molecule has 0 amide bonds. The lowest BCUT2D eigenvalue weighted by Gasteiger charge is -2.11. The fourth-order valence-electron chi connectivity index (χ4n) is 4.25. The molecular weight excluding hydrogens is 471 g/mol. The van der Waals surface area contributed by atoms with Crippen molar-refractivity contribution in [2.45, 2.75) is 27.3 Å². The molecule has 0 saturated heterocycles. The molecule has 0 fully saturated rings. The molecule has 5 aromatic rings. The first-order valence-electron chi connectivity index (χ1n) is 11.7. The van der Waals surface area contributed by atoms with Crippen molar-refractivity contribution >= 4 is 17.0 Å². The van der Waals surface area contributed by atoms with Crippen LogP contribution in [0.1, 0.15) is 22.4 Å². The number of aromatic nitrogens is 3. The molecule has 0 N–H and O–H groups in total. The Labute approximate surface area is 213 Å². The van der Waals surface area contributed by atoms with Gasteiger partial charge in [0.05, 0.1) is 23.6 Å². The van der Waals surface area contributed by atoms with Gasteiger partial charge in [0.2, 0.25) is 0 Å². The summed E-state index contributed by atoms with van der Waals surface area (Å²) in [6, 6.07) is 22.4. The first kappa shape index (κ1) is 23.8. The maximum Gasteiger partial charge on any atom is 0.297 e. The minimum Gasteiger partial charge on any atom is -0.312 e. The predicted molar refractivity (Wildman–Crippen MR) is 144 cm³/mol. The molecule has 0 aliphatic carbocycles. The average molecular weight is 499 g/mol. The molecule has 182 valence electrons. The molecule has 0 unspecified atom stereocenters. The molecule has 0 saturated carbocycles. The van der Waals surface area contributed by atoms with E-state index in [4.69, 9.17) is 4.99 Å². The zero-order chi connectivity index (χ0) is 25.4. The SMILES string of the molecule is Cc1ccc(-c2csc(=Nc3c(C)n(C)n(-c4ccccc4)c3=O)n2Cc2ccc(F)cc2)cc1C. The monoisotopic (exact) mass is 498 g/mol. The highest BCUT2D eigenvalue weighted by Crippen LogP contribution is 2.25. The molecule has 0 radical (unpaired) electrons. The Kier molecular flexibility index (Phi) is 6.33. The molecule has 0 bridgehead atoms. The maximum absolute atomic E-state index is 13.6. The van der Waals surface area contributed by atoms with Crippen LogP contribution < -0.4 is 10.4 Å². The average Bonchev–Trinajstić information content (AvgIpc) is 3.36. The van der Waals surface area contributed by atoms with E-state index in [0.717, 1.165) is 28.2 Å². The number of hydrogen-bond donors (Lipinski definition) is 0. The molecule has 2 heterocycles. The van der Waals surface area contributed by atoms with Crippen molar-refractivity contribution in [1.29, 1.82) is 0 Å². The highest BCUT2D eigenvalue weighted by Gasteiger charge is 2.17. The number of hydrogen-bond acceptors (Lipinski definition) is 3. The third kappa shape index (κ3) is 4.38. The van der Waals surface area contributed by atoms with Gasteiger partial charge < -0.3 is 4.57 Å². The number of thiazole rings is 1. The standard InChI is InChI=1S/C29H27FN4OS/c1-19-10-13-23(16-20(19)2)26-18-36-29(33(26)17-22-11-14-24(30)15-12-22)31-27-21(3)32(4)34(28(27)35)25-8-6-5-7-9-25/h5-16,18H,17H2,1-4H3. The minimum absolute atomic E-state index is 0.171. The van der Waals surface area contributed by atoms with E-state index >= 15 is 0 Å². The molecule has 0 aliphatic heterocycles. The second-order valence-corrected chi connectivity index (χ2v) is 9.77. The summed E-state index contributed by atoms with van der Waals surface area (Å²) in [6.07, 6.45) is 0. The van der Waals surface area contributed by atoms with Crippen LogP contribution in [0.3, 0.4) is 0 Å². The second-order valence-electron chi connectivity index (χ2n) is 8.94. The Morgan fingerprint density at radius 3 is 2.33 bits per heavy atom. The Bertz CT molecular complexity index is 1670. The van der Waals surface area contributed by atoms with Crippen molar-refractivity contribution in [3.05, 3.63) is 122 Å². The summed E-state index contributed by atoms with van der Waals surface area (Å²) < 4.78 is 19.1. The number of nitrogens with zero attached hydrogens (tertiary/aromatic N) is 4. The van der Waals surface area contributed by atoms with E-state index in [2.05, 4.69) is 42.0 Å². The van der Waals surface area contributed by atoms with Crippen LogP contribution in [0.25, 0.3) is 16.9 Å². The van der Waals surface area contributed by atoms with Gasteiger partial charge in [-0.2, -0.15) is 0 Å². The van der Waals surface area contributed by atoms with Gasteiger partial charge in [-0.1, -0.05) is 42.5 Å². The number of aryl methyl sites for hydroxylation is 2. The van der Waals surface area contributed by atoms with Gasteiger partial charge in [-0.05, 0) is 73.4 Å². The predicted octanol–water partition coefficient (Wildman–Crippen LogP) is 6.05. The highest BCUT2D eigenvalue weighted by atomic mass is 32.1. The third-order valence-corrected chi connectivity index (χ3v) is 7.45. The molecule has 2 aromatic heterocycles. The molecule has 0 spiro atoms. The number of halogens is 1. The number of rotatable bonds is 5. The Hall–Kier alpha value is -3.97. The lowest BCUT2D eigenvalue weighted by Crippen LogP contribution is -2.20. The van der Waals surface area contributed by atoms with E-state index in [9.17, 15) is 9.18 Å². The first-order valence-corrected chi connectivity index (χ1v) is 12.6. The van der Waals surface area contributed by atoms with E-state index in [-0.39, 0.29) is 11.4 Å². The molecule has 7 heteroatoms. The summed E-state index contributed by atoms with van der Waals surface area (Å²) in [5.74, 6) is -0.269. The van der Waals surface area contributed by atoms with Gasteiger partial charge in [0, 0.05) is 12.4 Å². The molecule has 3 aromatic carbocycles. The first-order chi connectivity index (χ1) is 17.3. The maximum atomic E-state index is 13.6. The quantitative estimate of drug-likeness (QED) is 0.291. The van der Waals surface area contributed by atoms with Crippen LogP contribution in [0.2, 0.25) is 0 Å². The van der Waals surface area contributed by atoms with Gasteiger partial charge in [0.15, 0.2) is 10.5 Å². The smallest absolute Gasteiger partial charge is 0.297 e. The van der Waals surface area contributed by atoms with Crippen molar-refractivity contribution in [2.75, 3.05) is 0 Å². The van der Waals surface area contributed by atoms with Crippen molar-refractivity contribution in [3.63, 3.8) is 0 Å². The molecular formula is C29H27FN4OS. The third-order valence-electron chi connectivity index (χ3n) is 6.59. The van der Waals surface area contributed by atoms with E-state index < -0.39 is 0 Å². The Balaban J connectivity index is 1.70. The zero-order valence-electron chi connectivity index (χ0n) is 20.7. The molecule has 0 aliphatic rings. The van der Waals surface area contributed by atoms with Gasteiger partial charge in [-0.25, -0.2) is 14.1 Å². The number of para-hydroxylation sites is 1. The number of benzene rings is 3. The lowest BCUT2D eigenvalue weighted by molar-refractivity contribution is 0.626. The van der Waals surface area contributed by atoms with Crippen LogP contribution in [-0.4, -0.2) is 13.9 Å². The minimum atomic E-state index is -0.269. The zero-order valence-corrected chi connectivity index (χ0v) is 21.5. The lowest BCUT2D eigenvalue weighted by atomic mass is 10.0. The fraction of sp³-hybridized carbons (Fsp3) is 0.172. The van der Waals surface area contributed by atoms with Gasteiger partial charge in [-0.15, -0.1) is 11.3 Å². The van der Waals surface area contributed by atoms with Gasteiger partial charge in [-0.3, -0.25) is 9.48 Å². The summed E-state index contributed by atoms with van der Waals surface area (Å²) in [5.41, 5.74) is 7.26. The van der Waals surface area contributed by atoms with Crippen LogP contribution in [-0.2, 0) is 13.6 Å². The van der Waals surface area contributed by atoms with E-state index in [1.807, 2.05) is 49.0 Å². The summed E-state index contributed by atoms with van der Waals surface area (Å²) in [6.45, 7) is 6.60. The normalized spacial score (nSPS) is 11.9. The van der Waals surface area contributed by atoms with Crippen molar-refractivity contribution in [3.8, 4) is 16.9 Å². The fourth-order valence-corrected chi connectivity index (χ4v) is 5.17. The summed E-state index contributed by atoms with van der Waals surface area (Å²) in [5, 5.41) is 2.07. The van der Waals surface area contributed by atoms with Gasteiger partial charge in [0.25, 0.3) is 5.56 Å². The largest absolute Gasteiger partial charge is 0.312 e. The summed E-state index contributed by atoms with van der Waals surface area (Å²) >= 11 is 1.49.